The number of aromatic nitrogens is 2. The van der Waals surface area contributed by atoms with Gasteiger partial charge in [-0.05, 0) is 12.8 Å². The van der Waals surface area contributed by atoms with Crippen LogP contribution < -0.4 is 11.1 Å². The third kappa shape index (κ3) is 5.04. The molecule has 5 nitrogen and oxygen atoms in total. The van der Waals surface area contributed by atoms with Crippen LogP contribution in [0.2, 0.25) is 0 Å². The highest BCUT2D eigenvalue weighted by Gasteiger charge is 2.33. The molecule has 0 aliphatic heterocycles. The van der Waals surface area contributed by atoms with Gasteiger partial charge >= 0.3 is 6.18 Å². The van der Waals surface area contributed by atoms with Gasteiger partial charge in [-0.15, -0.1) is 0 Å². The zero-order valence-corrected chi connectivity index (χ0v) is 11.6. The molecule has 8 heteroatoms. The van der Waals surface area contributed by atoms with Crippen LogP contribution in [0.1, 0.15) is 37.8 Å². The van der Waals surface area contributed by atoms with Crippen molar-refractivity contribution in [1.29, 1.82) is 0 Å². The Morgan fingerprint density at radius 2 is 1.95 bits per heavy atom. The van der Waals surface area contributed by atoms with Gasteiger partial charge in [0.2, 0.25) is 5.95 Å². The zero-order valence-electron chi connectivity index (χ0n) is 11.6. The zero-order chi connectivity index (χ0) is 15.3. The summed E-state index contributed by atoms with van der Waals surface area (Å²) in [6.45, 7) is 0.806. The van der Waals surface area contributed by atoms with Crippen LogP contribution in [0.5, 0.6) is 0 Å². The highest BCUT2D eigenvalue weighted by atomic mass is 19.4. The van der Waals surface area contributed by atoms with Crippen molar-refractivity contribution in [2.24, 2.45) is 0 Å². The molecular formula is C13H19F3N4O. The molecule has 0 saturated heterocycles. The maximum atomic E-state index is 12.6. The normalized spacial score (nSPS) is 16.9. The Bertz CT molecular complexity index is 461. The minimum Gasteiger partial charge on any atom is -0.376 e. The number of alkyl halides is 3. The highest BCUT2D eigenvalue weighted by molar-refractivity contribution is 5.41. The number of hydrogen-bond donors (Lipinski definition) is 2. The van der Waals surface area contributed by atoms with E-state index in [1.807, 2.05) is 0 Å². The molecule has 21 heavy (non-hydrogen) atoms. The predicted octanol–water partition coefficient (Wildman–Crippen LogP) is 2.84. The number of hydrogen-bond acceptors (Lipinski definition) is 5. The molecular weight excluding hydrogens is 285 g/mol. The molecule has 0 spiro atoms. The maximum absolute atomic E-state index is 12.6. The number of nitrogen functional groups attached to an aromatic ring is 1. The lowest BCUT2D eigenvalue weighted by Gasteiger charge is -2.22. The molecule has 3 N–H and O–H groups in total. The summed E-state index contributed by atoms with van der Waals surface area (Å²) in [5.74, 6) is -0.345. The second-order valence-electron chi connectivity index (χ2n) is 5.05. The average Bonchev–Trinajstić information content (AvgIpc) is 2.43. The van der Waals surface area contributed by atoms with E-state index in [4.69, 9.17) is 10.5 Å². The molecule has 1 aromatic heterocycles. The first-order valence-electron chi connectivity index (χ1n) is 7.02. The van der Waals surface area contributed by atoms with Gasteiger partial charge in [-0.3, -0.25) is 0 Å². The molecule has 1 saturated carbocycles. The smallest absolute Gasteiger partial charge is 0.376 e. The van der Waals surface area contributed by atoms with Crippen LogP contribution in [0.25, 0.3) is 0 Å². The van der Waals surface area contributed by atoms with E-state index < -0.39 is 17.8 Å². The van der Waals surface area contributed by atoms with Gasteiger partial charge in [0.15, 0.2) is 5.69 Å². The molecule has 0 atom stereocenters. The van der Waals surface area contributed by atoms with Crippen LogP contribution in [0.4, 0.5) is 24.9 Å². The third-order valence-electron chi connectivity index (χ3n) is 3.35. The molecule has 1 heterocycles. The van der Waals surface area contributed by atoms with Gasteiger partial charge in [-0.1, -0.05) is 19.3 Å². The Morgan fingerprint density at radius 1 is 1.24 bits per heavy atom. The summed E-state index contributed by atoms with van der Waals surface area (Å²) in [5, 5.41) is 2.78. The molecule has 0 amide bonds. The largest absolute Gasteiger partial charge is 0.433 e. The van der Waals surface area contributed by atoms with Gasteiger partial charge in [0.05, 0.1) is 12.7 Å². The molecule has 0 radical (unpaired) electrons. The quantitative estimate of drug-likeness (QED) is 0.818. The summed E-state index contributed by atoms with van der Waals surface area (Å²) in [5.41, 5.74) is 4.23. The van der Waals surface area contributed by atoms with E-state index in [1.165, 1.54) is 19.3 Å². The molecule has 2 rings (SSSR count). The van der Waals surface area contributed by atoms with E-state index in [0.29, 0.717) is 13.2 Å². The van der Waals surface area contributed by atoms with Gasteiger partial charge in [0.25, 0.3) is 0 Å². The number of rotatable bonds is 5. The van der Waals surface area contributed by atoms with Crippen molar-refractivity contribution in [2.45, 2.75) is 44.4 Å². The Kier molecular flexibility index (Phi) is 5.22. The number of anilines is 2. The first-order chi connectivity index (χ1) is 9.95. The van der Waals surface area contributed by atoms with Crippen LogP contribution in [-0.2, 0) is 10.9 Å². The van der Waals surface area contributed by atoms with E-state index in [1.54, 1.807) is 0 Å². The van der Waals surface area contributed by atoms with Gasteiger partial charge < -0.3 is 15.8 Å². The van der Waals surface area contributed by atoms with Crippen LogP contribution in [0.15, 0.2) is 6.07 Å². The fourth-order valence-corrected chi connectivity index (χ4v) is 2.34. The SMILES string of the molecule is Nc1nc(NCCOC2CCCCC2)cc(C(F)(F)F)n1. The second kappa shape index (κ2) is 6.93. The number of nitrogens with zero attached hydrogens (tertiary/aromatic N) is 2. The van der Waals surface area contributed by atoms with E-state index in [-0.39, 0.29) is 11.9 Å². The van der Waals surface area contributed by atoms with Gasteiger partial charge in [-0.25, -0.2) is 4.98 Å². The minimum atomic E-state index is -4.54. The minimum absolute atomic E-state index is 0.0575. The predicted molar refractivity (Wildman–Crippen MR) is 72.8 cm³/mol. The van der Waals surface area contributed by atoms with Crippen molar-refractivity contribution in [3.63, 3.8) is 0 Å². The van der Waals surface area contributed by atoms with Crippen molar-refractivity contribution in [2.75, 3.05) is 24.2 Å². The summed E-state index contributed by atoms with van der Waals surface area (Å²) in [6, 6.07) is 0.844. The van der Waals surface area contributed by atoms with E-state index in [9.17, 15) is 13.2 Å². The Labute approximate surface area is 121 Å². The first-order valence-corrected chi connectivity index (χ1v) is 7.02. The number of nitrogens with two attached hydrogens (primary N) is 1. The molecule has 0 bridgehead atoms. The molecule has 1 aliphatic carbocycles. The van der Waals surface area contributed by atoms with Crippen molar-refractivity contribution in [1.82, 2.24) is 9.97 Å². The van der Waals surface area contributed by atoms with Gasteiger partial charge in [0.1, 0.15) is 5.82 Å². The Hall–Kier alpha value is -1.57. The second-order valence-corrected chi connectivity index (χ2v) is 5.05. The molecule has 1 aromatic rings. The average molecular weight is 304 g/mol. The van der Waals surface area contributed by atoms with E-state index in [2.05, 4.69) is 15.3 Å². The molecule has 1 fully saturated rings. The molecule has 0 unspecified atom stereocenters. The fraction of sp³-hybridized carbons (Fsp3) is 0.692. The Balaban J connectivity index is 1.81. The lowest BCUT2D eigenvalue weighted by Crippen LogP contribution is -2.21. The molecule has 0 aromatic carbocycles. The van der Waals surface area contributed by atoms with Crippen LogP contribution >= 0.6 is 0 Å². The summed E-state index contributed by atoms with van der Waals surface area (Å²) in [6.07, 6.45) is 1.44. The summed E-state index contributed by atoms with van der Waals surface area (Å²) < 4.78 is 43.4. The van der Waals surface area contributed by atoms with E-state index >= 15 is 0 Å². The standard InChI is InChI=1S/C13H19F3N4O/c14-13(15,16)10-8-11(20-12(17)19-10)18-6-7-21-9-4-2-1-3-5-9/h8-9H,1-7H2,(H3,17,18,19,20). The van der Waals surface area contributed by atoms with Crippen molar-refractivity contribution in [3.8, 4) is 0 Å². The number of ether oxygens (including phenoxy) is 1. The lowest BCUT2D eigenvalue weighted by atomic mass is 9.98. The summed E-state index contributed by atoms with van der Waals surface area (Å²) in [7, 11) is 0. The highest BCUT2D eigenvalue weighted by Crippen LogP contribution is 2.29. The van der Waals surface area contributed by atoms with Crippen LogP contribution in [0, 0.1) is 0 Å². The fourth-order valence-electron chi connectivity index (χ4n) is 2.34. The third-order valence-corrected chi connectivity index (χ3v) is 3.35. The number of nitrogens with one attached hydrogen (secondary N) is 1. The maximum Gasteiger partial charge on any atom is 0.433 e. The first kappa shape index (κ1) is 15.8. The van der Waals surface area contributed by atoms with Gasteiger partial charge in [-0.2, -0.15) is 18.2 Å². The van der Waals surface area contributed by atoms with E-state index in [0.717, 1.165) is 18.9 Å². The van der Waals surface area contributed by atoms with Crippen LogP contribution in [-0.4, -0.2) is 29.2 Å². The van der Waals surface area contributed by atoms with Crippen molar-refractivity contribution >= 4 is 11.8 Å². The van der Waals surface area contributed by atoms with Crippen molar-refractivity contribution < 1.29 is 17.9 Å². The van der Waals surface area contributed by atoms with Gasteiger partial charge in [0, 0.05) is 12.6 Å². The van der Waals surface area contributed by atoms with Crippen molar-refractivity contribution in [3.05, 3.63) is 11.8 Å². The summed E-state index contributed by atoms with van der Waals surface area (Å²) >= 11 is 0. The van der Waals surface area contributed by atoms with Crippen LogP contribution in [0.3, 0.4) is 0 Å². The Morgan fingerprint density at radius 3 is 2.62 bits per heavy atom. The monoisotopic (exact) mass is 304 g/mol. The molecule has 1 aliphatic rings. The number of halogens is 3. The molecule has 118 valence electrons. The lowest BCUT2D eigenvalue weighted by molar-refractivity contribution is -0.141. The topological polar surface area (TPSA) is 73.1 Å². The summed E-state index contributed by atoms with van der Waals surface area (Å²) in [4.78, 5) is 6.91.